The standard InChI is InChI=1S/C19H22N4O3/c1-23-16-11-13(24)7-6-12(16)10-17(23)19(26)22-15-5-3-2-4-14(15)18(25)21-9-8-20/h6-7,10-11,14-15,24H,2-5,9H2,1H3,(H,21,25)(H,22,26)/t14-,15+/m1/s1. The fourth-order valence-corrected chi connectivity index (χ4v) is 3.65. The second kappa shape index (κ2) is 7.48. The van der Waals surface area contributed by atoms with E-state index in [4.69, 9.17) is 5.26 Å². The molecule has 7 nitrogen and oxygen atoms in total. The first-order chi connectivity index (χ1) is 12.5. The van der Waals surface area contributed by atoms with Gasteiger partial charge in [0.25, 0.3) is 5.91 Å². The monoisotopic (exact) mass is 354 g/mol. The molecule has 0 radical (unpaired) electrons. The Morgan fingerprint density at radius 1 is 1.31 bits per heavy atom. The normalized spacial score (nSPS) is 19.7. The molecule has 2 aromatic rings. The van der Waals surface area contributed by atoms with Crippen molar-refractivity contribution < 1.29 is 14.7 Å². The highest BCUT2D eigenvalue weighted by atomic mass is 16.3. The molecule has 26 heavy (non-hydrogen) atoms. The number of nitrogens with one attached hydrogen (secondary N) is 2. The smallest absolute Gasteiger partial charge is 0.268 e. The number of phenolic OH excluding ortho intramolecular Hbond substituents is 1. The number of aromatic nitrogens is 1. The lowest BCUT2D eigenvalue weighted by atomic mass is 9.83. The Balaban J connectivity index is 1.78. The molecule has 1 heterocycles. The summed E-state index contributed by atoms with van der Waals surface area (Å²) in [7, 11) is 1.77. The lowest BCUT2D eigenvalue weighted by Gasteiger charge is -2.31. The van der Waals surface area contributed by atoms with Gasteiger partial charge in [-0.15, -0.1) is 0 Å². The predicted molar refractivity (Wildman–Crippen MR) is 96.4 cm³/mol. The molecular formula is C19H22N4O3. The number of rotatable bonds is 4. The van der Waals surface area contributed by atoms with Crippen LogP contribution in [-0.2, 0) is 11.8 Å². The number of phenols is 1. The molecule has 1 fully saturated rings. The van der Waals surface area contributed by atoms with Crippen LogP contribution in [-0.4, -0.2) is 34.1 Å². The minimum atomic E-state index is -0.320. The zero-order chi connectivity index (χ0) is 18.7. The van der Waals surface area contributed by atoms with Crippen molar-refractivity contribution in [2.75, 3.05) is 6.54 Å². The maximum Gasteiger partial charge on any atom is 0.268 e. The van der Waals surface area contributed by atoms with Gasteiger partial charge in [0.2, 0.25) is 5.91 Å². The minimum Gasteiger partial charge on any atom is -0.508 e. The molecule has 1 aliphatic carbocycles. The fraction of sp³-hybridized carbons (Fsp3) is 0.421. The van der Waals surface area contributed by atoms with Crippen LogP contribution in [0.15, 0.2) is 24.3 Å². The van der Waals surface area contributed by atoms with Crippen molar-refractivity contribution in [2.45, 2.75) is 31.7 Å². The lowest BCUT2D eigenvalue weighted by molar-refractivity contribution is -0.126. The van der Waals surface area contributed by atoms with Gasteiger partial charge < -0.3 is 20.3 Å². The van der Waals surface area contributed by atoms with Gasteiger partial charge in [0, 0.05) is 24.5 Å². The third-order valence-corrected chi connectivity index (χ3v) is 5.02. The molecule has 3 rings (SSSR count). The number of nitrogens with zero attached hydrogens (tertiary/aromatic N) is 2. The average Bonchev–Trinajstić information content (AvgIpc) is 2.96. The summed E-state index contributed by atoms with van der Waals surface area (Å²) in [5, 5.41) is 24.7. The summed E-state index contributed by atoms with van der Waals surface area (Å²) in [4.78, 5) is 25.1. The van der Waals surface area contributed by atoms with E-state index in [1.807, 2.05) is 6.07 Å². The third-order valence-electron chi connectivity index (χ3n) is 5.02. The summed E-state index contributed by atoms with van der Waals surface area (Å²) in [6, 6.07) is 8.39. The Morgan fingerprint density at radius 2 is 2.08 bits per heavy atom. The Labute approximate surface area is 151 Å². The maximum atomic E-state index is 12.8. The van der Waals surface area contributed by atoms with Crippen molar-refractivity contribution in [3.05, 3.63) is 30.0 Å². The van der Waals surface area contributed by atoms with E-state index in [1.54, 1.807) is 35.9 Å². The predicted octanol–water partition coefficient (Wildman–Crippen LogP) is 1.81. The number of hydrogen-bond donors (Lipinski definition) is 3. The van der Waals surface area contributed by atoms with E-state index in [0.29, 0.717) is 12.1 Å². The Morgan fingerprint density at radius 3 is 2.85 bits per heavy atom. The van der Waals surface area contributed by atoms with Crippen LogP contribution >= 0.6 is 0 Å². The molecule has 1 saturated carbocycles. The van der Waals surface area contributed by atoms with Gasteiger partial charge in [-0.2, -0.15) is 5.26 Å². The second-order valence-electron chi connectivity index (χ2n) is 6.68. The molecule has 2 atom stereocenters. The van der Waals surface area contributed by atoms with Crippen LogP contribution in [0.25, 0.3) is 10.9 Å². The van der Waals surface area contributed by atoms with Gasteiger partial charge in [0.15, 0.2) is 0 Å². The van der Waals surface area contributed by atoms with Crippen LogP contribution in [0.1, 0.15) is 36.2 Å². The van der Waals surface area contributed by atoms with Crippen molar-refractivity contribution in [2.24, 2.45) is 13.0 Å². The molecule has 1 aromatic carbocycles. The number of fused-ring (bicyclic) bond motifs is 1. The van der Waals surface area contributed by atoms with Crippen LogP contribution in [0.3, 0.4) is 0 Å². The van der Waals surface area contributed by atoms with Gasteiger partial charge in [0.05, 0.1) is 17.5 Å². The number of hydrogen-bond acceptors (Lipinski definition) is 4. The van der Waals surface area contributed by atoms with Crippen LogP contribution < -0.4 is 10.6 Å². The zero-order valence-corrected chi connectivity index (χ0v) is 14.7. The van der Waals surface area contributed by atoms with E-state index in [9.17, 15) is 14.7 Å². The fourth-order valence-electron chi connectivity index (χ4n) is 3.65. The van der Waals surface area contributed by atoms with Gasteiger partial charge in [-0.25, -0.2) is 0 Å². The van der Waals surface area contributed by atoms with Gasteiger partial charge in [0.1, 0.15) is 18.0 Å². The molecule has 3 N–H and O–H groups in total. The van der Waals surface area contributed by atoms with Gasteiger partial charge in [-0.3, -0.25) is 9.59 Å². The zero-order valence-electron chi connectivity index (χ0n) is 14.7. The average molecular weight is 354 g/mol. The summed E-state index contributed by atoms with van der Waals surface area (Å²) in [6.07, 6.45) is 3.33. The summed E-state index contributed by atoms with van der Waals surface area (Å²) >= 11 is 0. The molecule has 0 spiro atoms. The second-order valence-corrected chi connectivity index (χ2v) is 6.68. The highest BCUT2D eigenvalue weighted by Gasteiger charge is 2.32. The highest BCUT2D eigenvalue weighted by Crippen LogP contribution is 2.26. The quantitative estimate of drug-likeness (QED) is 0.728. The summed E-state index contributed by atoms with van der Waals surface area (Å²) < 4.78 is 1.73. The first-order valence-corrected chi connectivity index (χ1v) is 8.75. The van der Waals surface area contributed by atoms with E-state index in [-0.39, 0.29) is 36.1 Å². The van der Waals surface area contributed by atoms with E-state index < -0.39 is 0 Å². The molecule has 0 aliphatic heterocycles. The van der Waals surface area contributed by atoms with Gasteiger partial charge in [-0.05, 0) is 31.0 Å². The van der Waals surface area contributed by atoms with E-state index in [1.165, 1.54) is 0 Å². The maximum absolute atomic E-state index is 12.8. The van der Waals surface area contributed by atoms with Crippen molar-refractivity contribution in [3.63, 3.8) is 0 Å². The van der Waals surface area contributed by atoms with Crippen molar-refractivity contribution in [3.8, 4) is 11.8 Å². The molecule has 1 aliphatic rings. The number of aromatic hydroxyl groups is 1. The number of nitriles is 1. The van der Waals surface area contributed by atoms with Crippen LogP contribution in [0.2, 0.25) is 0 Å². The van der Waals surface area contributed by atoms with Gasteiger partial charge >= 0.3 is 0 Å². The Kier molecular flexibility index (Phi) is 5.12. The van der Waals surface area contributed by atoms with E-state index in [0.717, 1.165) is 30.2 Å². The highest BCUT2D eigenvalue weighted by molar-refractivity contribution is 5.99. The molecule has 0 unspecified atom stereocenters. The molecule has 1 aromatic heterocycles. The first kappa shape index (κ1) is 17.8. The first-order valence-electron chi connectivity index (χ1n) is 8.75. The molecule has 0 saturated heterocycles. The van der Waals surface area contributed by atoms with E-state index >= 15 is 0 Å². The molecule has 2 amide bonds. The largest absolute Gasteiger partial charge is 0.508 e. The Bertz CT molecular complexity index is 881. The van der Waals surface area contributed by atoms with Crippen LogP contribution in [0, 0.1) is 17.2 Å². The molecule has 136 valence electrons. The van der Waals surface area contributed by atoms with Gasteiger partial charge in [-0.1, -0.05) is 12.8 Å². The van der Waals surface area contributed by atoms with Crippen molar-refractivity contribution in [1.82, 2.24) is 15.2 Å². The summed E-state index contributed by atoms with van der Waals surface area (Å²) in [6.45, 7) is -0.0251. The van der Waals surface area contributed by atoms with Crippen molar-refractivity contribution >= 4 is 22.7 Å². The van der Waals surface area contributed by atoms with Crippen LogP contribution in [0.4, 0.5) is 0 Å². The Hall–Kier alpha value is -3.01. The number of benzene rings is 1. The SMILES string of the molecule is Cn1c(C(=O)N[C@H]2CCCC[C@H]2C(=O)NCC#N)cc2ccc(O)cc21. The molecule has 0 bridgehead atoms. The molecular weight excluding hydrogens is 332 g/mol. The topological polar surface area (TPSA) is 107 Å². The lowest BCUT2D eigenvalue weighted by Crippen LogP contribution is -2.48. The van der Waals surface area contributed by atoms with Crippen LogP contribution in [0.5, 0.6) is 5.75 Å². The summed E-state index contributed by atoms with van der Waals surface area (Å²) in [5.74, 6) is -0.598. The minimum absolute atomic E-state index is 0.0251. The summed E-state index contributed by atoms with van der Waals surface area (Å²) in [5.41, 5.74) is 1.24. The number of amides is 2. The van der Waals surface area contributed by atoms with Crippen molar-refractivity contribution in [1.29, 1.82) is 5.26 Å². The third kappa shape index (κ3) is 3.49. The number of carbonyl (C=O) groups excluding carboxylic acids is 2. The van der Waals surface area contributed by atoms with E-state index in [2.05, 4.69) is 10.6 Å². The molecule has 7 heteroatoms. The number of aryl methyl sites for hydroxylation is 1. The number of carbonyl (C=O) groups is 2.